The summed E-state index contributed by atoms with van der Waals surface area (Å²) in [6.45, 7) is 9.45. The molecule has 3 heteroatoms. The van der Waals surface area contributed by atoms with E-state index in [-0.39, 0.29) is 11.2 Å². The number of hydrogen-bond acceptors (Lipinski definition) is 3. The van der Waals surface area contributed by atoms with Gasteiger partial charge in [0.25, 0.3) is 0 Å². The molecule has 0 fully saturated rings. The second kappa shape index (κ2) is 5.32. The van der Waals surface area contributed by atoms with E-state index in [0.717, 1.165) is 5.69 Å². The summed E-state index contributed by atoms with van der Waals surface area (Å²) in [5.74, 6) is 0.0807. The topological polar surface area (TPSA) is 38.3 Å². The predicted molar refractivity (Wildman–Crippen MR) is 69.8 cm³/mol. The van der Waals surface area contributed by atoms with Gasteiger partial charge in [0, 0.05) is 5.41 Å². The van der Waals surface area contributed by atoms with Crippen LogP contribution in [0.4, 0.5) is 5.69 Å². The van der Waals surface area contributed by atoms with Crippen LogP contribution in [0.15, 0.2) is 24.3 Å². The standard InChI is InChI=1S/C14H21NO2/c1-10-6-8-12(9-7-10)15-17-11(2)13(16)14(3,4)5/h6-9,11,15H,1-5H3. The molecule has 0 heterocycles. The van der Waals surface area contributed by atoms with Crippen LogP contribution in [0.3, 0.4) is 0 Å². The third kappa shape index (κ3) is 4.19. The molecule has 1 aromatic carbocycles. The highest BCUT2D eigenvalue weighted by atomic mass is 16.7. The molecule has 1 atom stereocenters. The lowest BCUT2D eigenvalue weighted by Crippen LogP contribution is -2.33. The average molecular weight is 235 g/mol. The maximum atomic E-state index is 11.9. The van der Waals surface area contributed by atoms with Gasteiger partial charge in [-0.25, -0.2) is 0 Å². The summed E-state index contributed by atoms with van der Waals surface area (Å²) in [5, 5.41) is 0. The van der Waals surface area contributed by atoms with Crippen molar-refractivity contribution in [3.63, 3.8) is 0 Å². The van der Waals surface area contributed by atoms with Crippen LogP contribution in [0.2, 0.25) is 0 Å². The Kier molecular flexibility index (Phi) is 4.29. The number of aryl methyl sites for hydroxylation is 1. The Morgan fingerprint density at radius 1 is 1.24 bits per heavy atom. The first kappa shape index (κ1) is 13.7. The lowest BCUT2D eigenvalue weighted by molar-refractivity contribution is -0.135. The van der Waals surface area contributed by atoms with Gasteiger partial charge in [-0.2, -0.15) is 0 Å². The largest absolute Gasteiger partial charge is 0.296 e. The Hall–Kier alpha value is -1.35. The highest BCUT2D eigenvalue weighted by Crippen LogP contribution is 2.18. The lowest BCUT2D eigenvalue weighted by Gasteiger charge is -2.22. The van der Waals surface area contributed by atoms with E-state index >= 15 is 0 Å². The number of rotatable bonds is 4. The van der Waals surface area contributed by atoms with Crippen molar-refractivity contribution < 1.29 is 9.63 Å². The van der Waals surface area contributed by atoms with Crippen LogP contribution in [0, 0.1) is 12.3 Å². The normalized spacial score (nSPS) is 13.2. The molecule has 1 unspecified atom stereocenters. The van der Waals surface area contributed by atoms with E-state index in [1.807, 2.05) is 52.0 Å². The van der Waals surface area contributed by atoms with Gasteiger partial charge in [0.15, 0.2) is 5.78 Å². The van der Waals surface area contributed by atoms with E-state index in [0.29, 0.717) is 0 Å². The fraction of sp³-hybridized carbons (Fsp3) is 0.500. The van der Waals surface area contributed by atoms with Gasteiger partial charge >= 0.3 is 0 Å². The predicted octanol–water partition coefficient (Wildman–Crippen LogP) is 3.34. The first-order chi connectivity index (χ1) is 7.80. The van der Waals surface area contributed by atoms with Gasteiger partial charge in [-0.1, -0.05) is 38.5 Å². The minimum absolute atomic E-state index is 0.0807. The molecule has 1 aromatic rings. The number of hydrogen-bond donors (Lipinski definition) is 1. The third-order valence-electron chi connectivity index (χ3n) is 2.51. The van der Waals surface area contributed by atoms with Crippen LogP contribution in [-0.4, -0.2) is 11.9 Å². The van der Waals surface area contributed by atoms with Gasteiger partial charge in [0.2, 0.25) is 0 Å². The highest BCUT2D eigenvalue weighted by Gasteiger charge is 2.27. The fourth-order valence-electron chi connectivity index (χ4n) is 1.44. The number of Topliss-reactive ketones (excluding diaryl/α,β-unsaturated/α-hetero) is 1. The van der Waals surface area contributed by atoms with E-state index in [9.17, 15) is 4.79 Å². The van der Waals surface area contributed by atoms with Crippen molar-refractivity contribution >= 4 is 11.5 Å². The summed E-state index contributed by atoms with van der Waals surface area (Å²) < 4.78 is 0. The maximum Gasteiger partial charge on any atom is 0.169 e. The molecular weight excluding hydrogens is 214 g/mol. The number of benzene rings is 1. The lowest BCUT2D eigenvalue weighted by atomic mass is 9.88. The van der Waals surface area contributed by atoms with Gasteiger partial charge in [0.05, 0.1) is 5.69 Å². The van der Waals surface area contributed by atoms with Gasteiger partial charge < -0.3 is 0 Å². The fourth-order valence-corrected chi connectivity index (χ4v) is 1.44. The zero-order valence-electron chi connectivity index (χ0n) is 11.2. The average Bonchev–Trinajstić information content (AvgIpc) is 2.25. The molecule has 1 N–H and O–H groups in total. The molecule has 1 rings (SSSR count). The van der Waals surface area contributed by atoms with Crippen LogP contribution in [-0.2, 0) is 9.63 Å². The molecule has 0 aliphatic carbocycles. The molecule has 94 valence electrons. The molecule has 0 aromatic heterocycles. The van der Waals surface area contributed by atoms with Crippen LogP contribution in [0.5, 0.6) is 0 Å². The maximum absolute atomic E-state index is 11.9. The van der Waals surface area contributed by atoms with Crippen LogP contribution < -0.4 is 5.48 Å². The monoisotopic (exact) mass is 235 g/mol. The first-order valence-electron chi connectivity index (χ1n) is 5.83. The first-order valence-corrected chi connectivity index (χ1v) is 5.83. The molecule has 0 bridgehead atoms. The van der Waals surface area contributed by atoms with Crippen molar-refractivity contribution in [2.45, 2.75) is 40.7 Å². The van der Waals surface area contributed by atoms with Crippen molar-refractivity contribution in [2.24, 2.45) is 5.41 Å². The summed E-state index contributed by atoms with van der Waals surface area (Å²) in [7, 11) is 0. The molecule has 0 saturated heterocycles. The van der Waals surface area contributed by atoms with E-state index in [1.54, 1.807) is 6.92 Å². The number of nitrogens with one attached hydrogen (secondary N) is 1. The molecule has 0 spiro atoms. The summed E-state index contributed by atoms with van der Waals surface area (Å²) in [6.07, 6.45) is -0.462. The Balaban J connectivity index is 2.51. The van der Waals surface area contributed by atoms with E-state index in [2.05, 4.69) is 5.48 Å². The van der Waals surface area contributed by atoms with Gasteiger partial charge in [-0.15, -0.1) is 0 Å². The van der Waals surface area contributed by atoms with Crippen molar-refractivity contribution in [2.75, 3.05) is 5.48 Å². The zero-order valence-corrected chi connectivity index (χ0v) is 11.2. The molecule has 0 aliphatic rings. The summed E-state index contributed by atoms with van der Waals surface area (Å²) in [6, 6.07) is 7.82. The number of anilines is 1. The van der Waals surface area contributed by atoms with Gasteiger partial charge in [-0.05, 0) is 26.0 Å². The van der Waals surface area contributed by atoms with E-state index in [4.69, 9.17) is 4.84 Å². The molecule has 3 nitrogen and oxygen atoms in total. The minimum Gasteiger partial charge on any atom is -0.296 e. The Labute approximate surface area is 103 Å². The zero-order chi connectivity index (χ0) is 13.1. The molecule has 17 heavy (non-hydrogen) atoms. The molecule has 0 amide bonds. The Morgan fingerprint density at radius 2 is 1.76 bits per heavy atom. The highest BCUT2D eigenvalue weighted by molar-refractivity contribution is 5.87. The summed E-state index contributed by atoms with van der Waals surface area (Å²) >= 11 is 0. The Bertz CT molecular complexity index is 376. The van der Waals surface area contributed by atoms with Crippen LogP contribution >= 0.6 is 0 Å². The summed E-state index contributed by atoms with van der Waals surface area (Å²) in [5.41, 5.74) is 4.46. The molecule has 0 saturated carbocycles. The summed E-state index contributed by atoms with van der Waals surface area (Å²) in [4.78, 5) is 17.2. The van der Waals surface area contributed by atoms with Crippen molar-refractivity contribution in [3.8, 4) is 0 Å². The van der Waals surface area contributed by atoms with Crippen molar-refractivity contribution in [1.29, 1.82) is 0 Å². The second-order valence-corrected chi connectivity index (χ2v) is 5.34. The van der Waals surface area contributed by atoms with Crippen LogP contribution in [0.1, 0.15) is 33.3 Å². The molecule has 0 radical (unpaired) electrons. The van der Waals surface area contributed by atoms with Crippen molar-refractivity contribution in [3.05, 3.63) is 29.8 Å². The quantitative estimate of drug-likeness (QED) is 0.813. The number of carbonyl (C=O) groups is 1. The van der Waals surface area contributed by atoms with E-state index in [1.165, 1.54) is 5.56 Å². The Morgan fingerprint density at radius 3 is 2.24 bits per heavy atom. The van der Waals surface area contributed by atoms with E-state index < -0.39 is 6.10 Å². The molecular formula is C14H21NO2. The second-order valence-electron chi connectivity index (χ2n) is 5.34. The third-order valence-corrected chi connectivity index (χ3v) is 2.51. The van der Waals surface area contributed by atoms with Crippen LogP contribution in [0.25, 0.3) is 0 Å². The SMILES string of the molecule is Cc1ccc(NOC(C)C(=O)C(C)(C)C)cc1. The number of ketones is 1. The van der Waals surface area contributed by atoms with Gasteiger partial charge in [-0.3, -0.25) is 15.1 Å². The van der Waals surface area contributed by atoms with Gasteiger partial charge in [0.1, 0.15) is 6.10 Å². The number of carbonyl (C=O) groups excluding carboxylic acids is 1. The van der Waals surface area contributed by atoms with Crippen molar-refractivity contribution in [1.82, 2.24) is 0 Å². The minimum atomic E-state index is -0.462. The molecule has 0 aliphatic heterocycles. The smallest absolute Gasteiger partial charge is 0.169 e.